The van der Waals surface area contributed by atoms with Crippen molar-refractivity contribution in [2.75, 3.05) is 12.3 Å². The highest BCUT2D eigenvalue weighted by atomic mass is 32.2. The van der Waals surface area contributed by atoms with Gasteiger partial charge in [-0.2, -0.15) is 0 Å². The number of benzene rings is 1. The lowest BCUT2D eigenvalue weighted by Crippen LogP contribution is -2.23. The van der Waals surface area contributed by atoms with E-state index in [1.54, 1.807) is 11.8 Å². The van der Waals surface area contributed by atoms with Gasteiger partial charge in [-0.25, -0.2) is 0 Å². The lowest BCUT2D eigenvalue weighted by atomic mass is 10.2. The summed E-state index contributed by atoms with van der Waals surface area (Å²) in [5.74, 6) is 1.13. The van der Waals surface area contributed by atoms with Gasteiger partial charge in [0.1, 0.15) is 0 Å². The average Bonchev–Trinajstić information content (AvgIpc) is 2.33. The van der Waals surface area contributed by atoms with Crippen LogP contribution < -0.4 is 5.32 Å². The molecule has 0 aliphatic heterocycles. The van der Waals surface area contributed by atoms with Crippen LogP contribution in [0.5, 0.6) is 0 Å². The van der Waals surface area contributed by atoms with Gasteiger partial charge in [0.15, 0.2) is 0 Å². The minimum Gasteiger partial charge on any atom is -0.352 e. The van der Waals surface area contributed by atoms with E-state index in [-0.39, 0.29) is 5.91 Å². The first-order valence-corrected chi connectivity index (χ1v) is 6.77. The van der Waals surface area contributed by atoms with Gasteiger partial charge in [0.25, 0.3) is 5.91 Å². The van der Waals surface area contributed by atoms with Crippen LogP contribution in [0.1, 0.15) is 37.0 Å². The smallest absolute Gasteiger partial charge is 0.251 e. The summed E-state index contributed by atoms with van der Waals surface area (Å²) in [5, 5.41) is 2.88. The Morgan fingerprint density at radius 1 is 1.31 bits per heavy atom. The fourth-order valence-corrected chi connectivity index (χ4v) is 2.11. The van der Waals surface area contributed by atoms with Crippen molar-refractivity contribution in [3.63, 3.8) is 0 Å². The van der Waals surface area contributed by atoms with E-state index in [2.05, 4.69) is 18.3 Å². The van der Waals surface area contributed by atoms with Crippen LogP contribution in [0.25, 0.3) is 0 Å². The van der Waals surface area contributed by atoms with Crippen LogP contribution in [-0.2, 0) is 0 Å². The molecule has 2 nitrogen and oxygen atoms in total. The van der Waals surface area contributed by atoms with E-state index in [1.165, 1.54) is 4.90 Å². The normalized spacial score (nSPS) is 10.1. The van der Waals surface area contributed by atoms with E-state index in [0.29, 0.717) is 0 Å². The Bertz CT molecular complexity index is 338. The minimum absolute atomic E-state index is 0.0285. The van der Waals surface area contributed by atoms with Crippen molar-refractivity contribution in [1.82, 2.24) is 5.32 Å². The summed E-state index contributed by atoms with van der Waals surface area (Å²) in [6.07, 6.45) is 2.12. The molecule has 1 aromatic carbocycles. The van der Waals surface area contributed by atoms with Gasteiger partial charge in [-0.05, 0) is 36.8 Å². The first kappa shape index (κ1) is 13.1. The van der Waals surface area contributed by atoms with E-state index in [9.17, 15) is 4.79 Å². The lowest BCUT2D eigenvalue weighted by Gasteiger charge is -2.05. The predicted molar refractivity (Wildman–Crippen MR) is 70.1 cm³/mol. The van der Waals surface area contributed by atoms with E-state index in [0.717, 1.165) is 30.7 Å². The van der Waals surface area contributed by atoms with Gasteiger partial charge in [-0.3, -0.25) is 4.79 Å². The fourth-order valence-electron chi connectivity index (χ4n) is 1.29. The van der Waals surface area contributed by atoms with Crippen LogP contribution in [0, 0.1) is 0 Å². The number of thioether (sulfide) groups is 1. The molecule has 0 heterocycles. The predicted octanol–water partition coefficient (Wildman–Crippen LogP) is 3.33. The summed E-state index contributed by atoms with van der Waals surface area (Å²) in [7, 11) is 0. The summed E-state index contributed by atoms with van der Waals surface area (Å²) in [6, 6.07) is 7.82. The molecule has 1 amide bonds. The molecule has 0 bridgehead atoms. The van der Waals surface area contributed by atoms with Gasteiger partial charge in [-0.15, -0.1) is 11.8 Å². The number of carbonyl (C=O) groups excluding carboxylic acids is 1. The molecule has 0 unspecified atom stereocenters. The van der Waals surface area contributed by atoms with E-state index in [1.807, 2.05) is 25.1 Å². The quantitative estimate of drug-likeness (QED) is 0.769. The summed E-state index contributed by atoms with van der Waals surface area (Å²) in [6.45, 7) is 4.95. The molecule has 0 atom stereocenters. The van der Waals surface area contributed by atoms with Crippen molar-refractivity contribution >= 4 is 17.7 Å². The molecule has 88 valence electrons. The zero-order valence-corrected chi connectivity index (χ0v) is 10.8. The summed E-state index contributed by atoms with van der Waals surface area (Å²) >= 11 is 1.80. The Morgan fingerprint density at radius 2 is 2.12 bits per heavy atom. The fraction of sp³-hybridized carbons (Fsp3) is 0.462. The number of rotatable bonds is 6. The number of amides is 1. The van der Waals surface area contributed by atoms with Gasteiger partial charge >= 0.3 is 0 Å². The molecule has 1 N–H and O–H groups in total. The van der Waals surface area contributed by atoms with Crippen LogP contribution in [0.15, 0.2) is 29.2 Å². The standard InChI is InChI=1S/C13H19NOS/c1-3-8-14-13(15)11-6-5-7-12(10-11)16-9-4-2/h5-7,10H,3-4,8-9H2,1-2H3,(H,14,15). The second kappa shape index (κ2) is 7.34. The van der Waals surface area contributed by atoms with Gasteiger partial charge in [0.05, 0.1) is 0 Å². The highest BCUT2D eigenvalue weighted by molar-refractivity contribution is 7.99. The van der Waals surface area contributed by atoms with E-state index >= 15 is 0 Å². The maximum absolute atomic E-state index is 11.7. The maximum Gasteiger partial charge on any atom is 0.251 e. The molecular formula is C13H19NOS. The molecule has 0 fully saturated rings. The third-order valence-corrected chi connectivity index (χ3v) is 3.30. The van der Waals surface area contributed by atoms with Crippen LogP contribution in [0.4, 0.5) is 0 Å². The first-order chi connectivity index (χ1) is 7.77. The summed E-state index contributed by atoms with van der Waals surface area (Å²) in [4.78, 5) is 12.9. The Morgan fingerprint density at radius 3 is 2.81 bits per heavy atom. The molecule has 0 aliphatic rings. The highest BCUT2D eigenvalue weighted by Crippen LogP contribution is 2.19. The molecule has 0 saturated heterocycles. The molecule has 0 saturated carbocycles. The topological polar surface area (TPSA) is 29.1 Å². The number of carbonyl (C=O) groups is 1. The molecule has 0 aromatic heterocycles. The largest absolute Gasteiger partial charge is 0.352 e. The van der Waals surface area contributed by atoms with Crippen LogP contribution in [-0.4, -0.2) is 18.2 Å². The van der Waals surface area contributed by atoms with Crippen molar-refractivity contribution in [3.05, 3.63) is 29.8 Å². The molecule has 0 radical (unpaired) electrons. The van der Waals surface area contributed by atoms with E-state index < -0.39 is 0 Å². The summed E-state index contributed by atoms with van der Waals surface area (Å²) in [5.41, 5.74) is 0.759. The van der Waals surface area contributed by atoms with Gasteiger partial charge in [0.2, 0.25) is 0 Å². The average molecular weight is 237 g/mol. The van der Waals surface area contributed by atoms with Gasteiger partial charge in [0, 0.05) is 17.0 Å². The number of nitrogens with one attached hydrogen (secondary N) is 1. The molecule has 16 heavy (non-hydrogen) atoms. The molecule has 0 aliphatic carbocycles. The second-order valence-corrected chi connectivity index (χ2v) is 4.80. The zero-order valence-electron chi connectivity index (χ0n) is 9.95. The van der Waals surface area contributed by atoms with Crippen LogP contribution >= 0.6 is 11.8 Å². The Kier molecular flexibility index (Phi) is 6.01. The number of hydrogen-bond donors (Lipinski definition) is 1. The monoisotopic (exact) mass is 237 g/mol. The number of hydrogen-bond acceptors (Lipinski definition) is 2. The summed E-state index contributed by atoms with van der Waals surface area (Å²) < 4.78 is 0. The van der Waals surface area contributed by atoms with Crippen molar-refractivity contribution in [2.24, 2.45) is 0 Å². The highest BCUT2D eigenvalue weighted by Gasteiger charge is 2.04. The first-order valence-electron chi connectivity index (χ1n) is 5.79. The zero-order chi connectivity index (χ0) is 11.8. The Labute approximate surface area is 102 Å². The molecule has 1 rings (SSSR count). The lowest BCUT2D eigenvalue weighted by molar-refractivity contribution is 0.0953. The van der Waals surface area contributed by atoms with Gasteiger partial charge < -0.3 is 5.32 Å². The Balaban J connectivity index is 2.62. The third-order valence-electron chi connectivity index (χ3n) is 2.10. The van der Waals surface area contributed by atoms with Crippen molar-refractivity contribution < 1.29 is 4.79 Å². The molecular weight excluding hydrogens is 218 g/mol. The Hall–Kier alpha value is -0.960. The molecule has 3 heteroatoms. The molecule has 0 spiro atoms. The van der Waals surface area contributed by atoms with Crippen LogP contribution in [0.2, 0.25) is 0 Å². The van der Waals surface area contributed by atoms with Gasteiger partial charge in [-0.1, -0.05) is 19.9 Å². The van der Waals surface area contributed by atoms with Crippen molar-refractivity contribution in [3.8, 4) is 0 Å². The van der Waals surface area contributed by atoms with E-state index in [4.69, 9.17) is 0 Å². The third kappa shape index (κ3) is 4.27. The minimum atomic E-state index is 0.0285. The SMILES string of the molecule is CCCNC(=O)c1cccc(SCCC)c1. The van der Waals surface area contributed by atoms with Crippen molar-refractivity contribution in [2.45, 2.75) is 31.6 Å². The van der Waals surface area contributed by atoms with Crippen molar-refractivity contribution in [1.29, 1.82) is 0 Å². The molecule has 1 aromatic rings. The maximum atomic E-state index is 11.7. The van der Waals surface area contributed by atoms with Crippen LogP contribution in [0.3, 0.4) is 0 Å². The second-order valence-electron chi connectivity index (χ2n) is 3.63.